The maximum atomic E-state index is 4.18. The largest absolute Gasteiger partial charge is 0.387 e. The van der Waals surface area contributed by atoms with Crippen LogP contribution in [0.3, 0.4) is 0 Å². The second kappa shape index (κ2) is 6.36. The fourth-order valence-electron chi connectivity index (χ4n) is 1.60. The molecule has 0 aromatic carbocycles. The second-order valence-corrected chi connectivity index (χ2v) is 4.73. The standard InChI is InChI=1S/C13H23N3/c1-10(2)5-6-11(3)16-13-7-12(14-4)8-15-9-13/h7-11,14,16H,5-6H2,1-4H3. The predicted molar refractivity (Wildman–Crippen MR) is 70.9 cm³/mol. The van der Waals surface area contributed by atoms with Gasteiger partial charge in [0.2, 0.25) is 0 Å². The summed E-state index contributed by atoms with van der Waals surface area (Å²) < 4.78 is 0. The predicted octanol–water partition coefficient (Wildman–Crippen LogP) is 3.36. The van der Waals surface area contributed by atoms with E-state index < -0.39 is 0 Å². The molecule has 0 aliphatic carbocycles. The Morgan fingerprint density at radius 3 is 2.44 bits per heavy atom. The number of aromatic nitrogens is 1. The molecule has 0 radical (unpaired) electrons. The molecule has 1 aromatic heterocycles. The van der Waals surface area contributed by atoms with Crippen LogP contribution in [0.1, 0.15) is 33.6 Å². The first-order valence-electron chi connectivity index (χ1n) is 6.01. The highest BCUT2D eigenvalue weighted by Crippen LogP contribution is 2.15. The molecular weight excluding hydrogens is 198 g/mol. The molecule has 1 heterocycles. The van der Waals surface area contributed by atoms with E-state index in [0.29, 0.717) is 6.04 Å². The van der Waals surface area contributed by atoms with Gasteiger partial charge in [-0.1, -0.05) is 13.8 Å². The zero-order chi connectivity index (χ0) is 12.0. The van der Waals surface area contributed by atoms with E-state index in [0.717, 1.165) is 17.3 Å². The highest BCUT2D eigenvalue weighted by molar-refractivity contribution is 5.53. The average Bonchev–Trinajstić information content (AvgIpc) is 2.26. The van der Waals surface area contributed by atoms with Crippen LogP contribution in [0.15, 0.2) is 18.5 Å². The Morgan fingerprint density at radius 2 is 1.81 bits per heavy atom. The molecule has 0 saturated heterocycles. The summed E-state index contributed by atoms with van der Waals surface area (Å²) in [6.45, 7) is 6.74. The zero-order valence-electron chi connectivity index (χ0n) is 10.7. The van der Waals surface area contributed by atoms with Gasteiger partial charge >= 0.3 is 0 Å². The maximum absolute atomic E-state index is 4.18. The SMILES string of the molecule is CNc1cncc(NC(C)CCC(C)C)c1. The summed E-state index contributed by atoms with van der Waals surface area (Å²) in [4.78, 5) is 4.18. The molecule has 1 atom stereocenters. The molecule has 0 amide bonds. The van der Waals surface area contributed by atoms with Crippen molar-refractivity contribution in [2.24, 2.45) is 5.92 Å². The first-order chi connectivity index (χ1) is 7.61. The Labute approximate surface area is 98.7 Å². The van der Waals surface area contributed by atoms with Gasteiger partial charge in [-0.05, 0) is 31.7 Å². The second-order valence-electron chi connectivity index (χ2n) is 4.73. The highest BCUT2D eigenvalue weighted by atomic mass is 14.9. The van der Waals surface area contributed by atoms with Crippen LogP contribution < -0.4 is 10.6 Å². The van der Waals surface area contributed by atoms with Gasteiger partial charge in [0.05, 0.1) is 23.8 Å². The van der Waals surface area contributed by atoms with E-state index in [1.54, 1.807) is 0 Å². The first kappa shape index (κ1) is 12.8. The van der Waals surface area contributed by atoms with Gasteiger partial charge in [0.25, 0.3) is 0 Å². The van der Waals surface area contributed by atoms with Gasteiger partial charge in [0, 0.05) is 13.1 Å². The molecule has 16 heavy (non-hydrogen) atoms. The zero-order valence-corrected chi connectivity index (χ0v) is 10.7. The van der Waals surface area contributed by atoms with Crippen LogP contribution in [-0.2, 0) is 0 Å². The molecule has 1 unspecified atom stereocenters. The molecule has 0 spiro atoms. The molecule has 0 bridgehead atoms. The number of nitrogens with zero attached hydrogens (tertiary/aromatic N) is 1. The van der Waals surface area contributed by atoms with Gasteiger partial charge in [-0.15, -0.1) is 0 Å². The van der Waals surface area contributed by atoms with Crippen LogP contribution >= 0.6 is 0 Å². The molecule has 3 nitrogen and oxygen atoms in total. The summed E-state index contributed by atoms with van der Waals surface area (Å²) in [6.07, 6.45) is 6.14. The maximum Gasteiger partial charge on any atom is 0.0549 e. The molecule has 0 saturated carbocycles. The number of rotatable bonds is 6. The lowest BCUT2D eigenvalue weighted by atomic mass is 10.0. The van der Waals surface area contributed by atoms with E-state index in [2.05, 4.69) is 42.5 Å². The van der Waals surface area contributed by atoms with Crippen molar-refractivity contribution in [2.45, 2.75) is 39.7 Å². The van der Waals surface area contributed by atoms with Gasteiger partial charge in [-0.3, -0.25) is 4.98 Å². The number of pyridine rings is 1. The van der Waals surface area contributed by atoms with E-state index in [1.165, 1.54) is 12.8 Å². The summed E-state index contributed by atoms with van der Waals surface area (Å²) in [6, 6.07) is 2.58. The van der Waals surface area contributed by atoms with E-state index in [-0.39, 0.29) is 0 Å². The fraction of sp³-hybridized carbons (Fsp3) is 0.615. The molecule has 0 aliphatic heterocycles. The molecular formula is C13H23N3. The van der Waals surface area contributed by atoms with Gasteiger partial charge < -0.3 is 10.6 Å². The smallest absolute Gasteiger partial charge is 0.0549 e. The van der Waals surface area contributed by atoms with Crippen LogP contribution in [-0.4, -0.2) is 18.1 Å². The molecule has 90 valence electrons. The summed E-state index contributed by atoms with van der Waals surface area (Å²) >= 11 is 0. The van der Waals surface area contributed by atoms with Crippen molar-refractivity contribution in [3.05, 3.63) is 18.5 Å². The van der Waals surface area contributed by atoms with Crippen LogP contribution in [0.4, 0.5) is 11.4 Å². The van der Waals surface area contributed by atoms with Crippen LogP contribution in [0.25, 0.3) is 0 Å². The van der Waals surface area contributed by atoms with Gasteiger partial charge in [-0.25, -0.2) is 0 Å². The Hall–Kier alpha value is -1.25. The lowest BCUT2D eigenvalue weighted by Crippen LogP contribution is -2.16. The third-order valence-corrected chi connectivity index (χ3v) is 2.62. The third-order valence-electron chi connectivity index (χ3n) is 2.62. The first-order valence-corrected chi connectivity index (χ1v) is 6.01. The summed E-state index contributed by atoms with van der Waals surface area (Å²) in [7, 11) is 1.91. The molecule has 0 fully saturated rings. The van der Waals surface area contributed by atoms with Crippen LogP contribution in [0, 0.1) is 5.92 Å². The Balaban J connectivity index is 2.45. The van der Waals surface area contributed by atoms with E-state index in [1.807, 2.05) is 19.4 Å². The lowest BCUT2D eigenvalue weighted by Gasteiger charge is -2.16. The molecule has 1 rings (SSSR count). The minimum absolute atomic E-state index is 0.497. The number of hydrogen-bond donors (Lipinski definition) is 2. The molecule has 2 N–H and O–H groups in total. The van der Waals surface area contributed by atoms with Crippen molar-refractivity contribution in [2.75, 3.05) is 17.7 Å². The number of nitrogens with one attached hydrogen (secondary N) is 2. The van der Waals surface area contributed by atoms with Gasteiger partial charge in [0.15, 0.2) is 0 Å². The quantitative estimate of drug-likeness (QED) is 0.773. The monoisotopic (exact) mass is 221 g/mol. The Kier molecular flexibility index (Phi) is 5.09. The van der Waals surface area contributed by atoms with Gasteiger partial charge in [0.1, 0.15) is 0 Å². The van der Waals surface area contributed by atoms with Crippen LogP contribution in [0.2, 0.25) is 0 Å². The molecule has 3 heteroatoms. The highest BCUT2D eigenvalue weighted by Gasteiger charge is 2.04. The lowest BCUT2D eigenvalue weighted by molar-refractivity contribution is 0.527. The third kappa shape index (κ3) is 4.51. The fourth-order valence-corrected chi connectivity index (χ4v) is 1.60. The summed E-state index contributed by atoms with van der Waals surface area (Å²) in [5.41, 5.74) is 2.13. The summed E-state index contributed by atoms with van der Waals surface area (Å²) in [5, 5.41) is 6.56. The summed E-state index contributed by atoms with van der Waals surface area (Å²) in [5.74, 6) is 0.769. The molecule has 0 aliphatic rings. The number of hydrogen-bond acceptors (Lipinski definition) is 3. The Bertz CT molecular complexity index is 310. The average molecular weight is 221 g/mol. The van der Waals surface area contributed by atoms with Crippen molar-refractivity contribution >= 4 is 11.4 Å². The minimum Gasteiger partial charge on any atom is -0.387 e. The van der Waals surface area contributed by atoms with E-state index >= 15 is 0 Å². The van der Waals surface area contributed by atoms with Crippen molar-refractivity contribution in [1.82, 2.24) is 4.98 Å². The topological polar surface area (TPSA) is 37.0 Å². The van der Waals surface area contributed by atoms with Crippen molar-refractivity contribution in [1.29, 1.82) is 0 Å². The van der Waals surface area contributed by atoms with Crippen LogP contribution in [0.5, 0.6) is 0 Å². The van der Waals surface area contributed by atoms with Gasteiger partial charge in [-0.2, -0.15) is 0 Å². The van der Waals surface area contributed by atoms with Crippen molar-refractivity contribution in [3.63, 3.8) is 0 Å². The normalized spacial score (nSPS) is 12.6. The van der Waals surface area contributed by atoms with E-state index in [4.69, 9.17) is 0 Å². The van der Waals surface area contributed by atoms with E-state index in [9.17, 15) is 0 Å². The van der Waals surface area contributed by atoms with Crippen molar-refractivity contribution < 1.29 is 0 Å². The Morgan fingerprint density at radius 1 is 1.12 bits per heavy atom. The minimum atomic E-state index is 0.497. The number of anilines is 2. The van der Waals surface area contributed by atoms with Crippen molar-refractivity contribution in [3.8, 4) is 0 Å². The molecule has 1 aromatic rings.